The fourth-order valence-corrected chi connectivity index (χ4v) is 2.15. The van der Waals surface area contributed by atoms with Gasteiger partial charge in [0.05, 0.1) is 0 Å². The number of nitrogens with two attached hydrogens (primary N) is 1. The van der Waals surface area contributed by atoms with Gasteiger partial charge < -0.3 is 11.1 Å². The molecule has 1 aromatic carbocycles. The summed E-state index contributed by atoms with van der Waals surface area (Å²) in [4.78, 5) is 14.0. The highest BCUT2D eigenvalue weighted by Gasteiger charge is 2.25. The number of hydrogen-bond acceptors (Lipinski definition) is 3. The molecular formula is C15H23N3O. The molecule has 4 heteroatoms. The third-order valence-electron chi connectivity index (χ3n) is 3.53. The van der Waals surface area contributed by atoms with E-state index in [-0.39, 0.29) is 11.9 Å². The molecule has 1 atom stereocenters. The summed E-state index contributed by atoms with van der Waals surface area (Å²) in [6, 6.07) is 10.8. The molecule has 104 valence electrons. The summed E-state index contributed by atoms with van der Waals surface area (Å²) in [5.74, 6) is 0.123. The van der Waals surface area contributed by atoms with Crippen molar-refractivity contribution in [1.82, 2.24) is 10.2 Å². The van der Waals surface area contributed by atoms with E-state index in [1.54, 1.807) is 0 Å². The van der Waals surface area contributed by atoms with Gasteiger partial charge in [-0.25, -0.2) is 0 Å². The molecule has 0 aliphatic heterocycles. The van der Waals surface area contributed by atoms with E-state index >= 15 is 0 Å². The van der Waals surface area contributed by atoms with E-state index in [0.717, 1.165) is 19.4 Å². The van der Waals surface area contributed by atoms with Gasteiger partial charge in [-0.05, 0) is 25.5 Å². The first-order valence-electron chi connectivity index (χ1n) is 6.92. The second-order valence-electron chi connectivity index (χ2n) is 5.34. The summed E-state index contributed by atoms with van der Waals surface area (Å²) in [6.07, 6.45) is 2.73. The molecule has 19 heavy (non-hydrogen) atoms. The van der Waals surface area contributed by atoms with Crippen LogP contribution in [-0.2, 0) is 11.3 Å². The minimum atomic E-state index is 0.0963. The van der Waals surface area contributed by atoms with Crippen LogP contribution in [0.2, 0.25) is 0 Å². The minimum Gasteiger partial charge on any atom is -0.353 e. The molecule has 0 spiro atoms. The Bertz CT molecular complexity index is 403. The number of nitrogens with one attached hydrogen (secondary N) is 1. The van der Waals surface area contributed by atoms with Gasteiger partial charge in [0, 0.05) is 31.6 Å². The third kappa shape index (κ3) is 4.65. The summed E-state index contributed by atoms with van der Waals surface area (Å²) < 4.78 is 0. The summed E-state index contributed by atoms with van der Waals surface area (Å²) in [5.41, 5.74) is 7.04. The van der Waals surface area contributed by atoms with E-state index in [1.807, 2.05) is 25.2 Å². The van der Waals surface area contributed by atoms with E-state index in [4.69, 9.17) is 5.73 Å². The number of benzene rings is 1. The average Bonchev–Trinajstić information content (AvgIpc) is 3.21. The number of nitrogens with zero attached hydrogens (tertiary/aromatic N) is 1. The SMILES string of the molecule is CN(Cc1ccccc1)C(CN)CC(=O)NC1CC1. The van der Waals surface area contributed by atoms with Crippen LogP contribution >= 0.6 is 0 Å². The van der Waals surface area contributed by atoms with Crippen LogP contribution in [0.25, 0.3) is 0 Å². The number of rotatable bonds is 7. The number of likely N-dealkylation sites (N-methyl/N-ethyl adjacent to an activating group) is 1. The van der Waals surface area contributed by atoms with Gasteiger partial charge in [0.2, 0.25) is 5.91 Å². The first-order valence-corrected chi connectivity index (χ1v) is 6.92. The lowest BCUT2D eigenvalue weighted by atomic mass is 10.1. The maximum atomic E-state index is 11.8. The van der Waals surface area contributed by atoms with Crippen molar-refractivity contribution in [2.75, 3.05) is 13.6 Å². The molecule has 1 fully saturated rings. The van der Waals surface area contributed by atoms with Gasteiger partial charge in [-0.1, -0.05) is 30.3 Å². The Morgan fingerprint density at radius 2 is 2.11 bits per heavy atom. The van der Waals surface area contributed by atoms with E-state index < -0.39 is 0 Å². The maximum Gasteiger partial charge on any atom is 0.221 e. The maximum absolute atomic E-state index is 11.8. The van der Waals surface area contributed by atoms with E-state index in [0.29, 0.717) is 19.0 Å². The lowest BCUT2D eigenvalue weighted by molar-refractivity contribution is -0.122. The van der Waals surface area contributed by atoms with E-state index in [1.165, 1.54) is 5.56 Å². The Hall–Kier alpha value is -1.39. The fourth-order valence-electron chi connectivity index (χ4n) is 2.15. The Morgan fingerprint density at radius 1 is 1.42 bits per heavy atom. The Labute approximate surface area is 115 Å². The molecule has 0 heterocycles. The molecule has 1 aromatic rings. The summed E-state index contributed by atoms with van der Waals surface area (Å²) in [7, 11) is 2.02. The van der Waals surface area contributed by atoms with Gasteiger partial charge in [0.25, 0.3) is 0 Å². The highest BCUT2D eigenvalue weighted by Crippen LogP contribution is 2.19. The Kier molecular flexibility index (Phi) is 4.93. The van der Waals surface area contributed by atoms with Gasteiger partial charge in [-0.2, -0.15) is 0 Å². The highest BCUT2D eigenvalue weighted by atomic mass is 16.1. The van der Waals surface area contributed by atoms with Crippen LogP contribution < -0.4 is 11.1 Å². The van der Waals surface area contributed by atoms with Crippen molar-refractivity contribution in [1.29, 1.82) is 0 Å². The summed E-state index contributed by atoms with van der Waals surface area (Å²) in [5, 5.41) is 3.02. The van der Waals surface area contributed by atoms with Crippen molar-refractivity contribution in [3.8, 4) is 0 Å². The van der Waals surface area contributed by atoms with Crippen molar-refractivity contribution < 1.29 is 4.79 Å². The fraction of sp³-hybridized carbons (Fsp3) is 0.533. The van der Waals surface area contributed by atoms with Crippen molar-refractivity contribution in [2.24, 2.45) is 5.73 Å². The molecule has 1 saturated carbocycles. The summed E-state index contributed by atoms with van der Waals surface area (Å²) >= 11 is 0. The third-order valence-corrected chi connectivity index (χ3v) is 3.53. The zero-order valence-electron chi connectivity index (χ0n) is 11.5. The second-order valence-corrected chi connectivity index (χ2v) is 5.34. The Balaban J connectivity index is 1.83. The smallest absolute Gasteiger partial charge is 0.221 e. The molecule has 0 bridgehead atoms. The number of carbonyl (C=O) groups is 1. The predicted molar refractivity (Wildman–Crippen MR) is 76.5 cm³/mol. The highest BCUT2D eigenvalue weighted by molar-refractivity contribution is 5.77. The lowest BCUT2D eigenvalue weighted by Gasteiger charge is -2.26. The van der Waals surface area contributed by atoms with Crippen LogP contribution in [0.15, 0.2) is 30.3 Å². The van der Waals surface area contributed by atoms with Gasteiger partial charge in [-0.3, -0.25) is 9.69 Å². The average molecular weight is 261 g/mol. The standard InChI is InChI=1S/C15H23N3O/c1-18(11-12-5-3-2-4-6-12)14(10-16)9-15(19)17-13-7-8-13/h2-6,13-14H,7-11,16H2,1H3,(H,17,19). The molecule has 1 aliphatic carbocycles. The van der Waals surface area contributed by atoms with Gasteiger partial charge in [0.1, 0.15) is 0 Å². The van der Waals surface area contributed by atoms with Crippen LogP contribution in [0.3, 0.4) is 0 Å². The molecule has 2 rings (SSSR count). The van der Waals surface area contributed by atoms with Crippen molar-refractivity contribution in [2.45, 2.75) is 37.9 Å². The van der Waals surface area contributed by atoms with E-state index in [9.17, 15) is 4.79 Å². The zero-order valence-corrected chi connectivity index (χ0v) is 11.5. The normalized spacial score (nSPS) is 16.4. The molecule has 0 saturated heterocycles. The monoisotopic (exact) mass is 261 g/mol. The van der Waals surface area contributed by atoms with Gasteiger partial charge >= 0.3 is 0 Å². The molecule has 1 aliphatic rings. The molecule has 4 nitrogen and oxygen atoms in total. The van der Waals surface area contributed by atoms with Crippen molar-refractivity contribution in [3.05, 3.63) is 35.9 Å². The summed E-state index contributed by atoms with van der Waals surface area (Å²) in [6.45, 7) is 1.32. The van der Waals surface area contributed by atoms with Crippen LogP contribution in [0.1, 0.15) is 24.8 Å². The molecule has 0 aromatic heterocycles. The predicted octanol–water partition coefficient (Wildman–Crippen LogP) is 1.11. The first-order chi connectivity index (χ1) is 9.19. The van der Waals surface area contributed by atoms with Gasteiger partial charge in [0.15, 0.2) is 0 Å². The van der Waals surface area contributed by atoms with Crippen molar-refractivity contribution in [3.63, 3.8) is 0 Å². The van der Waals surface area contributed by atoms with Crippen LogP contribution in [-0.4, -0.2) is 36.5 Å². The minimum absolute atomic E-state index is 0.0963. The van der Waals surface area contributed by atoms with E-state index in [2.05, 4.69) is 22.3 Å². The van der Waals surface area contributed by atoms with Crippen molar-refractivity contribution >= 4 is 5.91 Å². The lowest BCUT2D eigenvalue weighted by Crippen LogP contribution is -2.41. The van der Waals surface area contributed by atoms with Gasteiger partial charge in [-0.15, -0.1) is 0 Å². The molecule has 0 radical (unpaired) electrons. The second kappa shape index (κ2) is 6.68. The number of carbonyl (C=O) groups excluding carboxylic acids is 1. The van der Waals surface area contributed by atoms with Crippen LogP contribution in [0.4, 0.5) is 0 Å². The van der Waals surface area contributed by atoms with Crippen LogP contribution in [0, 0.1) is 0 Å². The Morgan fingerprint density at radius 3 is 2.68 bits per heavy atom. The largest absolute Gasteiger partial charge is 0.353 e. The quantitative estimate of drug-likeness (QED) is 0.773. The number of hydrogen-bond donors (Lipinski definition) is 2. The van der Waals surface area contributed by atoms with Crippen LogP contribution in [0.5, 0.6) is 0 Å². The number of amides is 1. The molecular weight excluding hydrogens is 238 g/mol. The first kappa shape index (κ1) is 14.0. The topological polar surface area (TPSA) is 58.4 Å². The molecule has 1 unspecified atom stereocenters. The zero-order chi connectivity index (χ0) is 13.7. The molecule has 1 amide bonds. The molecule has 3 N–H and O–H groups in total.